The number of anilines is 2. The molecule has 0 spiro atoms. The molecule has 1 aliphatic rings. The summed E-state index contributed by atoms with van der Waals surface area (Å²) in [7, 11) is 0. The Balaban J connectivity index is 1.87. The van der Waals surface area contributed by atoms with E-state index in [9.17, 15) is 9.59 Å². The Morgan fingerprint density at radius 3 is 2.42 bits per heavy atom. The molecule has 0 aliphatic carbocycles. The normalized spacial score (nSPS) is 19.4. The predicted octanol–water partition coefficient (Wildman–Crippen LogP) is 4.67. The average molecular weight is 369 g/mol. The summed E-state index contributed by atoms with van der Waals surface area (Å²) in [6, 6.07) is 15.5. The highest BCUT2D eigenvalue weighted by Crippen LogP contribution is 2.45. The van der Waals surface area contributed by atoms with Gasteiger partial charge in [-0.2, -0.15) is 0 Å². The first-order valence-corrected chi connectivity index (χ1v) is 9.70. The van der Waals surface area contributed by atoms with Crippen LogP contribution in [-0.2, 0) is 9.59 Å². The maximum Gasteiger partial charge on any atom is 0.252 e. The van der Waals surface area contributed by atoms with Crippen molar-refractivity contribution in [2.75, 3.05) is 16.8 Å². The Morgan fingerprint density at radius 1 is 1.15 bits per heavy atom. The van der Waals surface area contributed by atoms with Gasteiger partial charge in [-0.1, -0.05) is 49.9 Å². The predicted molar refractivity (Wildman–Crippen MR) is 108 cm³/mol. The van der Waals surface area contributed by atoms with E-state index in [0.29, 0.717) is 18.2 Å². The molecule has 0 fully saturated rings. The van der Waals surface area contributed by atoms with Gasteiger partial charge in [-0.25, -0.2) is 0 Å². The van der Waals surface area contributed by atoms with Crippen LogP contribution < -0.4 is 10.2 Å². The van der Waals surface area contributed by atoms with E-state index >= 15 is 0 Å². The SMILES string of the molecule is CCN1C(=O)C(C)(C(=O)Nc2ccc(C(C)C)cc2)Sc2ccccc21. The van der Waals surface area contributed by atoms with E-state index in [1.54, 1.807) is 11.8 Å². The second-order valence-electron chi connectivity index (χ2n) is 6.88. The van der Waals surface area contributed by atoms with Gasteiger partial charge in [0.1, 0.15) is 0 Å². The van der Waals surface area contributed by atoms with Gasteiger partial charge in [0, 0.05) is 17.1 Å². The van der Waals surface area contributed by atoms with E-state index in [-0.39, 0.29) is 11.8 Å². The van der Waals surface area contributed by atoms with E-state index in [4.69, 9.17) is 0 Å². The number of thioether (sulfide) groups is 1. The van der Waals surface area contributed by atoms with Gasteiger partial charge in [0.15, 0.2) is 4.75 Å². The van der Waals surface area contributed by atoms with Gasteiger partial charge in [-0.3, -0.25) is 9.59 Å². The average Bonchev–Trinajstić information content (AvgIpc) is 2.63. The van der Waals surface area contributed by atoms with Crippen LogP contribution in [0, 0.1) is 0 Å². The van der Waals surface area contributed by atoms with E-state index in [0.717, 1.165) is 10.6 Å². The summed E-state index contributed by atoms with van der Waals surface area (Å²) in [5, 5.41) is 2.92. The van der Waals surface area contributed by atoms with Gasteiger partial charge in [-0.15, -0.1) is 0 Å². The molecule has 5 heteroatoms. The van der Waals surface area contributed by atoms with Crippen molar-refractivity contribution in [3.05, 3.63) is 54.1 Å². The second kappa shape index (κ2) is 7.16. The Labute approximate surface area is 159 Å². The number of nitrogens with zero attached hydrogens (tertiary/aromatic N) is 1. The number of carbonyl (C=O) groups excluding carboxylic acids is 2. The molecule has 2 aromatic carbocycles. The topological polar surface area (TPSA) is 49.4 Å². The molecule has 0 radical (unpaired) electrons. The first-order chi connectivity index (χ1) is 12.4. The zero-order valence-electron chi connectivity index (χ0n) is 15.6. The lowest BCUT2D eigenvalue weighted by molar-refractivity contribution is -0.128. The zero-order valence-corrected chi connectivity index (χ0v) is 16.4. The third-order valence-corrected chi connectivity index (χ3v) is 6.04. The van der Waals surface area contributed by atoms with Crippen LogP contribution >= 0.6 is 11.8 Å². The lowest BCUT2D eigenvalue weighted by Crippen LogP contribution is -2.54. The van der Waals surface area contributed by atoms with Gasteiger partial charge >= 0.3 is 0 Å². The first kappa shape index (κ1) is 18.5. The molecule has 1 heterocycles. The van der Waals surface area contributed by atoms with Crippen LogP contribution in [0.25, 0.3) is 0 Å². The Bertz CT molecular complexity index is 832. The number of hydrogen-bond acceptors (Lipinski definition) is 3. The molecule has 136 valence electrons. The molecule has 3 rings (SSSR count). The Hall–Kier alpha value is -2.27. The summed E-state index contributed by atoms with van der Waals surface area (Å²) in [5.41, 5.74) is 2.79. The van der Waals surface area contributed by atoms with Gasteiger partial charge < -0.3 is 10.2 Å². The summed E-state index contributed by atoms with van der Waals surface area (Å²) in [6.45, 7) is 8.41. The number of nitrogens with one attached hydrogen (secondary N) is 1. The molecule has 0 aromatic heterocycles. The molecule has 0 saturated carbocycles. The highest BCUT2D eigenvalue weighted by atomic mass is 32.2. The van der Waals surface area contributed by atoms with Crippen LogP contribution in [0.15, 0.2) is 53.4 Å². The van der Waals surface area contributed by atoms with Crippen LogP contribution in [-0.4, -0.2) is 23.1 Å². The van der Waals surface area contributed by atoms with Crippen molar-refractivity contribution in [3.8, 4) is 0 Å². The lowest BCUT2D eigenvalue weighted by Gasteiger charge is -2.38. The van der Waals surface area contributed by atoms with Crippen molar-refractivity contribution < 1.29 is 9.59 Å². The van der Waals surface area contributed by atoms with Crippen LogP contribution in [0.5, 0.6) is 0 Å². The van der Waals surface area contributed by atoms with Gasteiger partial charge in [-0.05, 0) is 49.6 Å². The standard InChI is InChI=1S/C21H24N2O2S/c1-5-23-17-8-6-7-9-18(17)26-21(4,20(23)25)19(24)22-16-12-10-15(11-13-16)14(2)3/h6-14H,5H2,1-4H3,(H,22,24). The molecule has 0 saturated heterocycles. The van der Waals surface area contributed by atoms with Crippen molar-refractivity contribution in [1.82, 2.24) is 0 Å². The Morgan fingerprint density at radius 2 is 1.81 bits per heavy atom. The highest BCUT2D eigenvalue weighted by molar-refractivity contribution is 8.02. The van der Waals surface area contributed by atoms with Crippen LogP contribution in [0.1, 0.15) is 39.2 Å². The molecule has 1 N–H and O–H groups in total. The van der Waals surface area contributed by atoms with Gasteiger partial charge in [0.05, 0.1) is 5.69 Å². The van der Waals surface area contributed by atoms with Crippen molar-refractivity contribution in [2.24, 2.45) is 0 Å². The number of fused-ring (bicyclic) bond motifs is 1. The van der Waals surface area contributed by atoms with Crippen molar-refractivity contribution in [3.63, 3.8) is 0 Å². The Kier molecular flexibility index (Phi) is 5.10. The largest absolute Gasteiger partial charge is 0.324 e. The molecular weight excluding hydrogens is 344 g/mol. The van der Waals surface area contributed by atoms with Crippen LogP contribution in [0.4, 0.5) is 11.4 Å². The van der Waals surface area contributed by atoms with E-state index in [1.165, 1.54) is 17.3 Å². The smallest absolute Gasteiger partial charge is 0.252 e. The fourth-order valence-corrected chi connectivity index (χ4v) is 4.27. The fraction of sp³-hybridized carbons (Fsp3) is 0.333. The van der Waals surface area contributed by atoms with Crippen molar-refractivity contribution in [2.45, 2.75) is 43.3 Å². The van der Waals surface area contributed by atoms with Crippen LogP contribution in [0.3, 0.4) is 0 Å². The number of rotatable bonds is 4. The van der Waals surface area contributed by atoms with Gasteiger partial charge in [0.2, 0.25) is 5.91 Å². The summed E-state index contributed by atoms with van der Waals surface area (Å²) in [5.74, 6) is -0.0416. The minimum absolute atomic E-state index is 0.181. The van der Waals surface area contributed by atoms with E-state index in [1.807, 2.05) is 55.5 Å². The fourth-order valence-electron chi connectivity index (χ4n) is 3.06. The molecule has 2 aromatic rings. The number of hydrogen-bond donors (Lipinski definition) is 1. The quantitative estimate of drug-likeness (QED) is 0.798. The first-order valence-electron chi connectivity index (χ1n) is 8.88. The molecule has 1 aliphatic heterocycles. The molecule has 1 unspecified atom stereocenters. The van der Waals surface area contributed by atoms with E-state index < -0.39 is 4.75 Å². The maximum absolute atomic E-state index is 13.1. The van der Waals surface area contributed by atoms with Crippen molar-refractivity contribution >= 4 is 35.0 Å². The van der Waals surface area contributed by atoms with E-state index in [2.05, 4.69) is 19.2 Å². The summed E-state index contributed by atoms with van der Waals surface area (Å²) >= 11 is 1.32. The van der Waals surface area contributed by atoms with Gasteiger partial charge in [0.25, 0.3) is 5.91 Å². The molecule has 26 heavy (non-hydrogen) atoms. The molecule has 0 bridgehead atoms. The van der Waals surface area contributed by atoms with Crippen molar-refractivity contribution in [1.29, 1.82) is 0 Å². The zero-order chi connectivity index (χ0) is 18.9. The molecule has 2 amide bonds. The number of benzene rings is 2. The monoisotopic (exact) mass is 368 g/mol. The molecular formula is C21H24N2O2S. The number of amides is 2. The minimum atomic E-state index is -1.19. The summed E-state index contributed by atoms with van der Waals surface area (Å²) in [6.07, 6.45) is 0. The third kappa shape index (κ3) is 3.23. The lowest BCUT2D eigenvalue weighted by atomic mass is 10.0. The summed E-state index contributed by atoms with van der Waals surface area (Å²) in [4.78, 5) is 28.7. The summed E-state index contributed by atoms with van der Waals surface area (Å²) < 4.78 is -1.19. The third-order valence-electron chi connectivity index (χ3n) is 4.71. The number of carbonyl (C=O) groups is 2. The number of para-hydroxylation sites is 1. The second-order valence-corrected chi connectivity index (χ2v) is 8.34. The minimum Gasteiger partial charge on any atom is -0.324 e. The van der Waals surface area contributed by atoms with Crippen LogP contribution in [0.2, 0.25) is 0 Å². The maximum atomic E-state index is 13.1. The molecule has 1 atom stereocenters. The highest BCUT2D eigenvalue weighted by Gasteiger charge is 2.48. The molecule has 4 nitrogen and oxygen atoms in total.